The predicted molar refractivity (Wildman–Crippen MR) is 75.0 cm³/mol. The summed E-state index contributed by atoms with van der Waals surface area (Å²) in [6, 6.07) is 7.46. The number of aliphatic imine (C=N–C) groups is 1. The summed E-state index contributed by atoms with van der Waals surface area (Å²) in [4.78, 5) is 4.34. The molecule has 0 atom stereocenters. The normalized spacial score (nSPS) is 12.0. The molecule has 0 saturated heterocycles. The first-order valence-corrected chi connectivity index (χ1v) is 6.14. The number of benzene rings is 1. The van der Waals surface area contributed by atoms with Crippen molar-refractivity contribution in [1.82, 2.24) is 0 Å². The Kier molecular flexibility index (Phi) is 5.29. The Bertz CT molecular complexity index is 438. The van der Waals surface area contributed by atoms with Gasteiger partial charge in [-0.25, -0.2) is 0 Å². The molecular weight excluding hydrogens is 288 g/mol. The van der Waals surface area contributed by atoms with Crippen molar-refractivity contribution in [3.8, 4) is 0 Å². The number of hydrogen-bond acceptors (Lipinski definition) is 2. The van der Waals surface area contributed by atoms with Crippen molar-refractivity contribution < 1.29 is 0 Å². The van der Waals surface area contributed by atoms with Crippen LogP contribution in [0.1, 0.15) is 5.56 Å². The van der Waals surface area contributed by atoms with Gasteiger partial charge in [0.2, 0.25) is 0 Å². The molecule has 0 heterocycles. The third-order valence-corrected chi connectivity index (χ3v) is 2.79. The van der Waals surface area contributed by atoms with E-state index in [9.17, 15) is 0 Å². The molecule has 4 heteroatoms. The van der Waals surface area contributed by atoms with Crippen LogP contribution < -0.4 is 5.73 Å². The van der Waals surface area contributed by atoms with Gasteiger partial charge in [0.15, 0.2) is 0 Å². The summed E-state index contributed by atoms with van der Waals surface area (Å²) in [5, 5.41) is 1.26. The van der Waals surface area contributed by atoms with Crippen LogP contribution in [0.5, 0.6) is 0 Å². The average molecular weight is 300 g/mol. The lowest BCUT2D eigenvalue weighted by Crippen LogP contribution is -1.97. The fraction of sp³-hybridized carbons (Fsp3) is 0.0833. The van der Waals surface area contributed by atoms with E-state index < -0.39 is 0 Å². The first-order valence-electron chi connectivity index (χ1n) is 4.64. The molecule has 1 aromatic rings. The third kappa shape index (κ3) is 3.51. The first-order chi connectivity index (χ1) is 7.69. The van der Waals surface area contributed by atoms with Crippen LogP contribution >= 0.6 is 27.5 Å². The highest BCUT2D eigenvalue weighted by molar-refractivity contribution is 9.09. The summed E-state index contributed by atoms with van der Waals surface area (Å²) in [5.74, 6) is 0. The fourth-order valence-corrected chi connectivity index (χ4v) is 1.71. The van der Waals surface area contributed by atoms with Crippen molar-refractivity contribution in [2.45, 2.75) is 0 Å². The van der Waals surface area contributed by atoms with Crippen molar-refractivity contribution in [2.75, 3.05) is 5.33 Å². The molecule has 0 aliphatic rings. The number of alkyl halides is 1. The summed E-state index contributed by atoms with van der Waals surface area (Å²) in [7, 11) is 0. The van der Waals surface area contributed by atoms with Gasteiger partial charge >= 0.3 is 0 Å². The van der Waals surface area contributed by atoms with Crippen LogP contribution in [-0.4, -0.2) is 11.0 Å². The number of hydrogen-bond donors (Lipinski definition) is 1. The number of halogens is 2. The standard InChI is InChI=1S/C12H12BrClN2/c1-9(16-10(8-13)6-7-15)11-4-2-3-5-12(11)14/h2-7H,1,8,15H2/b7-6-,16-10?. The highest BCUT2D eigenvalue weighted by Gasteiger charge is 2.02. The average Bonchev–Trinajstić information content (AvgIpc) is 2.28. The number of allylic oxidation sites excluding steroid dienone is 1. The lowest BCUT2D eigenvalue weighted by molar-refractivity contribution is 1.50. The van der Waals surface area contributed by atoms with Crippen molar-refractivity contribution in [2.24, 2.45) is 10.7 Å². The summed E-state index contributed by atoms with van der Waals surface area (Å²) < 4.78 is 0. The first kappa shape index (κ1) is 13.0. The van der Waals surface area contributed by atoms with Crippen LogP contribution in [0, 0.1) is 0 Å². The van der Waals surface area contributed by atoms with Crippen LogP contribution in [0.3, 0.4) is 0 Å². The smallest absolute Gasteiger partial charge is 0.0648 e. The van der Waals surface area contributed by atoms with Crippen molar-refractivity contribution in [3.05, 3.63) is 53.7 Å². The molecule has 0 aliphatic carbocycles. The molecule has 0 unspecified atom stereocenters. The maximum Gasteiger partial charge on any atom is 0.0648 e. The van der Waals surface area contributed by atoms with Crippen LogP contribution in [-0.2, 0) is 0 Å². The van der Waals surface area contributed by atoms with Crippen LogP contribution in [0.25, 0.3) is 5.70 Å². The minimum atomic E-state index is 0.615. The highest BCUT2D eigenvalue weighted by atomic mass is 79.9. The van der Waals surface area contributed by atoms with Gasteiger partial charge in [-0.15, -0.1) is 0 Å². The molecule has 0 aromatic heterocycles. The largest absolute Gasteiger partial charge is 0.405 e. The summed E-state index contributed by atoms with van der Waals surface area (Å²) in [6.07, 6.45) is 3.16. The molecule has 16 heavy (non-hydrogen) atoms. The van der Waals surface area contributed by atoms with E-state index in [2.05, 4.69) is 27.5 Å². The van der Waals surface area contributed by atoms with Crippen LogP contribution in [0.4, 0.5) is 0 Å². The van der Waals surface area contributed by atoms with Gasteiger partial charge in [0.1, 0.15) is 0 Å². The van der Waals surface area contributed by atoms with E-state index in [1.165, 1.54) is 6.20 Å². The maximum absolute atomic E-state index is 6.04. The number of nitrogens with zero attached hydrogens (tertiary/aromatic N) is 1. The molecule has 0 amide bonds. The topological polar surface area (TPSA) is 38.4 Å². The molecule has 2 N–H and O–H groups in total. The van der Waals surface area contributed by atoms with E-state index in [1.807, 2.05) is 24.3 Å². The van der Waals surface area contributed by atoms with Crippen LogP contribution in [0.15, 0.2) is 48.1 Å². The molecule has 0 aliphatic heterocycles. The monoisotopic (exact) mass is 298 g/mol. The van der Waals surface area contributed by atoms with Gasteiger partial charge in [-0.05, 0) is 18.3 Å². The third-order valence-electron chi connectivity index (χ3n) is 1.89. The Hall–Kier alpha value is -1.06. The molecule has 0 bridgehead atoms. The SMILES string of the molecule is C=C(N=C(/C=C\N)CBr)c1ccccc1Cl. The van der Waals surface area contributed by atoms with E-state index in [-0.39, 0.29) is 0 Å². The zero-order valence-corrected chi connectivity index (χ0v) is 11.0. The molecule has 0 spiro atoms. The molecule has 1 aromatic carbocycles. The van der Waals surface area contributed by atoms with Gasteiger partial charge in [-0.1, -0.05) is 52.3 Å². The van der Waals surface area contributed by atoms with Crippen molar-refractivity contribution in [1.29, 1.82) is 0 Å². The van der Waals surface area contributed by atoms with Gasteiger partial charge < -0.3 is 5.73 Å². The predicted octanol–water partition coefficient (Wildman–Crippen LogP) is 3.62. The summed E-state index contributed by atoms with van der Waals surface area (Å²) in [5.41, 5.74) is 7.56. The lowest BCUT2D eigenvalue weighted by Gasteiger charge is -2.04. The second-order valence-corrected chi connectivity index (χ2v) is 3.99. The summed E-state index contributed by atoms with van der Waals surface area (Å²) in [6.45, 7) is 3.89. The molecule has 1 rings (SSSR count). The minimum Gasteiger partial charge on any atom is -0.405 e. The molecule has 0 fully saturated rings. The highest BCUT2D eigenvalue weighted by Crippen LogP contribution is 2.23. The zero-order valence-electron chi connectivity index (χ0n) is 8.66. The molecule has 84 valence electrons. The Labute approximate surface area is 109 Å². The van der Waals surface area contributed by atoms with Gasteiger partial charge in [0, 0.05) is 15.9 Å². The van der Waals surface area contributed by atoms with Gasteiger partial charge in [-0.3, -0.25) is 4.99 Å². The van der Waals surface area contributed by atoms with E-state index >= 15 is 0 Å². The molecule has 0 saturated carbocycles. The Morgan fingerprint density at radius 3 is 2.75 bits per heavy atom. The lowest BCUT2D eigenvalue weighted by atomic mass is 10.2. The fourth-order valence-electron chi connectivity index (χ4n) is 1.15. The summed E-state index contributed by atoms with van der Waals surface area (Å²) >= 11 is 9.36. The van der Waals surface area contributed by atoms with Gasteiger partial charge in [-0.2, -0.15) is 0 Å². The van der Waals surface area contributed by atoms with E-state index in [0.29, 0.717) is 16.0 Å². The number of nitrogens with two attached hydrogens (primary N) is 1. The van der Waals surface area contributed by atoms with Crippen molar-refractivity contribution >= 4 is 38.9 Å². The second kappa shape index (κ2) is 6.51. The van der Waals surface area contributed by atoms with E-state index in [1.54, 1.807) is 6.08 Å². The maximum atomic E-state index is 6.04. The zero-order chi connectivity index (χ0) is 12.0. The molecular formula is C12H12BrClN2. The quantitative estimate of drug-likeness (QED) is 0.669. The molecule has 2 nitrogen and oxygen atoms in total. The van der Waals surface area contributed by atoms with E-state index in [4.69, 9.17) is 17.3 Å². The minimum absolute atomic E-state index is 0.615. The van der Waals surface area contributed by atoms with Gasteiger partial charge in [0.05, 0.1) is 11.4 Å². The molecule has 0 radical (unpaired) electrons. The van der Waals surface area contributed by atoms with Gasteiger partial charge in [0.25, 0.3) is 0 Å². The number of rotatable bonds is 4. The van der Waals surface area contributed by atoms with Crippen LogP contribution in [0.2, 0.25) is 5.02 Å². The van der Waals surface area contributed by atoms with Crippen molar-refractivity contribution in [3.63, 3.8) is 0 Å². The Balaban J connectivity index is 2.99. The Morgan fingerprint density at radius 1 is 1.50 bits per heavy atom. The Morgan fingerprint density at radius 2 is 2.19 bits per heavy atom. The second-order valence-electron chi connectivity index (χ2n) is 3.02. The van der Waals surface area contributed by atoms with E-state index in [0.717, 1.165) is 11.3 Å².